The van der Waals surface area contributed by atoms with E-state index < -0.39 is 0 Å². The molecule has 1 aromatic heterocycles. The van der Waals surface area contributed by atoms with Crippen LogP contribution in [0.2, 0.25) is 0 Å². The Hall–Kier alpha value is -2.70. The summed E-state index contributed by atoms with van der Waals surface area (Å²) in [6, 6.07) is 6.58. The van der Waals surface area contributed by atoms with Gasteiger partial charge in [-0.15, -0.1) is 0 Å². The van der Waals surface area contributed by atoms with E-state index in [0.29, 0.717) is 24.1 Å². The van der Waals surface area contributed by atoms with Crippen LogP contribution in [-0.4, -0.2) is 45.4 Å². The molecule has 6 nitrogen and oxygen atoms in total. The first-order chi connectivity index (χ1) is 15.0. The van der Waals surface area contributed by atoms with Crippen molar-refractivity contribution in [2.75, 3.05) is 18.0 Å². The molecule has 3 aliphatic rings. The molecule has 31 heavy (non-hydrogen) atoms. The van der Waals surface area contributed by atoms with E-state index >= 15 is 0 Å². The number of aliphatic imine (C=N–C) groups is 1. The van der Waals surface area contributed by atoms with Gasteiger partial charge in [-0.3, -0.25) is 14.6 Å². The fourth-order valence-electron chi connectivity index (χ4n) is 5.09. The van der Waals surface area contributed by atoms with E-state index in [1.165, 1.54) is 37.8 Å². The zero-order valence-electron chi connectivity index (χ0n) is 18.5. The quantitative estimate of drug-likeness (QED) is 0.709. The van der Waals surface area contributed by atoms with E-state index in [1.807, 2.05) is 6.92 Å². The van der Waals surface area contributed by atoms with Crippen molar-refractivity contribution in [1.29, 1.82) is 0 Å². The molecule has 3 heterocycles. The Morgan fingerprint density at radius 3 is 2.52 bits per heavy atom. The van der Waals surface area contributed by atoms with Crippen LogP contribution in [0, 0.1) is 17.7 Å². The molecule has 1 atom stereocenters. The van der Waals surface area contributed by atoms with Gasteiger partial charge in [0.1, 0.15) is 17.5 Å². The average Bonchev–Trinajstić information content (AvgIpc) is 3.48. The van der Waals surface area contributed by atoms with Gasteiger partial charge in [-0.25, -0.2) is 14.4 Å². The van der Waals surface area contributed by atoms with Gasteiger partial charge < -0.3 is 4.57 Å². The number of benzene rings is 1. The summed E-state index contributed by atoms with van der Waals surface area (Å²) >= 11 is 0. The van der Waals surface area contributed by atoms with Gasteiger partial charge >= 0.3 is 0 Å². The van der Waals surface area contributed by atoms with E-state index in [2.05, 4.69) is 23.3 Å². The van der Waals surface area contributed by atoms with Gasteiger partial charge in [0.15, 0.2) is 5.69 Å². The molecular formula is C24H30FN5O. The number of rotatable bonds is 5. The maximum atomic E-state index is 13.6. The summed E-state index contributed by atoms with van der Waals surface area (Å²) in [6.07, 6.45) is 4.89. The summed E-state index contributed by atoms with van der Waals surface area (Å²) < 4.78 is 15.8. The Kier molecular flexibility index (Phi) is 5.07. The van der Waals surface area contributed by atoms with Crippen LogP contribution >= 0.6 is 0 Å². The molecule has 1 aliphatic carbocycles. The van der Waals surface area contributed by atoms with E-state index in [-0.39, 0.29) is 17.8 Å². The number of carbonyl (C=O) groups is 1. The first kappa shape index (κ1) is 20.2. The Morgan fingerprint density at radius 1 is 1.16 bits per heavy atom. The molecule has 0 bridgehead atoms. The molecule has 1 amide bonds. The Labute approximate surface area is 182 Å². The van der Waals surface area contributed by atoms with Crippen LogP contribution in [0.5, 0.6) is 0 Å². The summed E-state index contributed by atoms with van der Waals surface area (Å²) in [7, 11) is 0. The van der Waals surface area contributed by atoms with Gasteiger partial charge in [-0.05, 0) is 55.9 Å². The summed E-state index contributed by atoms with van der Waals surface area (Å²) in [5.74, 6) is 2.95. The van der Waals surface area contributed by atoms with E-state index in [1.54, 1.807) is 17.0 Å². The zero-order chi connectivity index (χ0) is 21.7. The molecule has 2 aliphatic heterocycles. The largest absolute Gasteiger partial charge is 0.310 e. The van der Waals surface area contributed by atoms with Gasteiger partial charge in [0, 0.05) is 18.7 Å². The van der Waals surface area contributed by atoms with Crippen molar-refractivity contribution in [2.24, 2.45) is 16.8 Å². The van der Waals surface area contributed by atoms with Crippen molar-refractivity contribution in [3.05, 3.63) is 35.8 Å². The van der Waals surface area contributed by atoms with Gasteiger partial charge in [0.25, 0.3) is 5.91 Å². The molecule has 7 heteroatoms. The summed E-state index contributed by atoms with van der Waals surface area (Å²) in [6.45, 7) is 8.45. The maximum absolute atomic E-state index is 13.6. The standard InChI is InChI=1S/C24H30FN5O/c1-4-28-23(31)20-22(30-14-19(15(2)3)26-24(28)30)29(13-16-7-5-6-8-16)21(27-20)17-9-11-18(25)12-10-17/h9-12,15-16,19H,4-8,13-14H2,1-3H3/t19-/m0/s1. The molecule has 0 N–H and O–H groups in total. The van der Waals surface area contributed by atoms with Gasteiger partial charge in [0.2, 0.25) is 5.96 Å². The smallest absolute Gasteiger partial charge is 0.283 e. The molecule has 1 saturated carbocycles. The Morgan fingerprint density at radius 2 is 1.87 bits per heavy atom. The normalized spacial score (nSPS) is 21.1. The highest BCUT2D eigenvalue weighted by molar-refractivity contribution is 6.18. The molecular weight excluding hydrogens is 393 g/mol. The third-order valence-corrected chi connectivity index (χ3v) is 6.88. The number of carbonyl (C=O) groups excluding carboxylic acids is 1. The SMILES string of the molecule is CCN1C(=O)c2nc(-c3ccc(F)cc3)n(CC3CCCC3)c2N2C[C@@H](C(C)C)N=C12. The fraction of sp³-hybridized carbons (Fsp3) is 0.542. The predicted molar refractivity (Wildman–Crippen MR) is 120 cm³/mol. The van der Waals surface area contributed by atoms with E-state index in [0.717, 1.165) is 36.3 Å². The van der Waals surface area contributed by atoms with Crippen molar-refractivity contribution in [3.63, 3.8) is 0 Å². The third-order valence-electron chi connectivity index (χ3n) is 6.88. The van der Waals surface area contributed by atoms with Crippen molar-refractivity contribution in [3.8, 4) is 11.4 Å². The van der Waals surface area contributed by atoms with Crippen molar-refractivity contribution < 1.29 is 9.18 Å². The lowest BCUT2D eigenvalue weighted by Crippen LogP contribution is -2.50. The highest BCUT2D eigenvalue weighted by Gasteiger charge is 2.44. The van der Waals surface area contributed by atoms with Crippen LogP contribution in [0.3, 0.4) is 0 Å². The third kappa shape index (κ3) is 3.34. The molecule has 0 spiro atoms. The van der Waals surface area contributed by atoms with E-state index in [4.69, 9.17) is 9.98 Å². The van der Waals surface area contributed by atoms with Crippen LogP contribution < -0.4 is 4.90 Å². The summed E-state index contributed by atoms with van der Waals surface area (Å²) in [5, 5.41) is 0. The van der Waals surface area contributed by atoms with Gasteiger partial charge in [-0.1, -0.05) is 26.7 Å². The number of hydrogen-bond acceptors (Lipinski definition) is 4. The van der Waals surface area contributed by atoms with Crippen molar-refractivity contribution in [1.82, 2.24) is 14.5 Å². The van der Waals surface area contributed by atoms with E-state index in [9.17, 15) is 9.18 Å². The molecule has 0 radical (unpaired) electrons. The van der Waals surface area contributed by atoms with Gasteiger partial charge in [0.05, 0.1) is 12.6 Å². The molecule has 5 rings (SSSR count). The minimum absolute atomic E-state index is 0.0922. The molecule has 1 aromatic carbocycles. The van der Waals surface area contributed by atoms with Crippen LogP contribution in [0.15, 0.2) is 29.3 Å². The zero-order valence-corrected chi connectivity index (χ0v) is 18.5. The molecule has 0 unspecified atom stereocenters. The molecule has 1 fully saturated rings. The number of aromatic nitrogens is 2. The maximum Gasteiger partial charge on any atom is 0.283 e. The highest BCUT2D eigenvalue weighted by Crippen LogP contribution is 2.39. The number of anilines is 1. The Balaban J connectivity index is 1.67. The minimum atomic E-state index is -0.274. The van der Waals surface area contributed by atoms with Gasteiger partial charge in [-0.2, -0.15) is 0 Å². The lowest BCUT2D eigenvalue weighted by atomic mass is 10.1. The predicted octanol–water partition coefficient (Wildman–Crippen LogP) is 4.56. The van der Waals surface area contributed by atoms with Crippen LogP contribution in [0.25, 0.3) is 11.4 Å². The molecule has 164 valence electrons. The fourth-order valence-corrected chi connectivity index (χ4v) is 5.09. The number of amides is 1. The topological polar surface area (TPSA) is 53.7 Å². The second-order valence-electron chi connectivity index (χ2n) is 9.28. The summed E-state index contributed by atoms with van der Waals surface area (Å²) in [5.41, 5.74) is 1.32. The Bertz CT molecular complexity index is 1020. The highest BCUT2D eigenvalue weighted by atomic mass is 19.1. The number of hydrogen-bond donors (Lipinski definition) is 0. The number of nitrogens with zero attached hydrogens (tertiary/aromatic N) is 5. The average molecular weight is 424 g/mol. The second-order valence-corrected chi connectivity index (χ2v) is 9.28. The number of imidazole rings is 1. The minimum Gasteiger partial charge on any atom is -0.310 e. The lowest BCUT2D eigenvalue weighted by molar-refractivity contribution is 0.0841. The number of halogens is 1. The number of guanidine groups is 1. The van der Waals surface area contributed by atoms with Crippen LogP contribution in [0.4, 0.5) is 10.2 Å². The first-order valence-electron chi connectivity index (χ1n) is 11.5. The molecule has 2 aromatic rings. The van der Waals surface area contributed by atoms with Crippen LogP contribution in [0.1, 0.15) is 56.9 Å². The summed E-state index contributed by atoms with van der Waals surface area (Å²) in [4.78, 5) is 27.2. The molecule has 0 saturated heterocycles. The number of fused-ring (bicyclic) bond motifs is 3. The van der Waals surface area contributed by atoms with Crippen molar-refractivity contribution >= 4 is 17.7 Å². The second kappa shape index (κ2) is 7.77. The van der Waals surface area contributed by atoms with Crippen molar-refractivity contribution in [2.45, 2.75) is 59.0 Å². The van der Waals surface area contributed by atoms with Crippen LogP contribution in [-0.2, 0) is 6.54 Å². The monoisotopic (exact) mass is 423 g/mol. The first-order valence-corrected chi connectivity index (χ1v) is 11.5. The lowest BCUT2D eigenvalue weighted by Gasteiger charge is -2.34.